The molecule has 8 aromatic carbocycles. The number of hydrogen-bond donors (Lipinski definition) is 0. The van der Waals surface area contributed by atoms with Crippen molar-refractivity contribution < 1.29 is 0 Å². The molecule has 1 heterocycles. The van der Waals surface area contributed by atoms with Gasteiger partial charge in [-0.25, -0.2) is 0 Å². The van der Waals surface area contributed by atoms with Crippen LogP contribution in [0.4, 0.5) is 0 Å². The molecule has 0 unspecified atom stereocenters. The first-order chi connectivity index (χ1) is 21.3. The maximum atomic E-state index is 2.38. The molecule has 0 bridgehead atoms. The van der Waals surface area contributed by atoms with Gasteiger partial charge in [-0.2, -0.15) is 0 Å². The maximum absolute atomic E-state index is 2.38. The monoisotopic (exact) mass is 560 g/mol. The van der Waals surface area contributed by atoms with Crippen molar-refractivity contribution >= 4 is 63.8 Å². The predicted octanol–water partition coefficient (Wildman–Crippen LogP) is 12.5. The molecule has 1 aromatic heterocycles. The van der Waals surface area contributed by atoms with Gasteiger partial charge in [0.05, 0.1) is 0 Å². The van der Waals surface area contributed by atoms with Crippen molar-refractivity contribution in [2.24, 2.45) is 0 Å². The second kappa shape index (κ2) is 8.64. The van der Waals surface area contributed by atoms with E-state index in [9.17, 15) is 0 Å². The predicted molar refractivity (Wildman–Crippen MR) is 187 cm³/mol. The molecular formula is C42H24S. The minimum atomic E-state index is 1.25. The van der Waals surface area contributed by atoms with Gasteiger partial charge in [0, 0.05) is 20.2 Å². The van der Waals surface area contributed by atoms with Crippen LogP contribution in [0.5, 0.6) is 0 Å². The van der Waals surface area contributed by atoms with Gasteiger partial charge >= 0.3 is 0 Å². The largest absolute Gasteiger partial charge is 0.135 e. The van der Waals surface area contributed by atoms with Gasteiger partial charge in [0.2, 0.25) is 0 Å². The van der Waals surface area contributed by atoms with Crippen LogP contribution in [0, 0.1) is 0 Å². The van der Waals surface area contributed by atoms with Crippen molar-refractivity contribution in [2.75, 3.05) is 0 Å². The summed E-state index contributed by atoms with van der Waals surface area (Å²) >= 11 is 1.88. The van der Waals surface area contributed by atoms with Gasteiger partial charge in [-0.15, -0.1) is 11.3 Å². The number of thiophene rings is 1. The molecule has 0 radical (unpaired) electrons. The van der Waals surface area contributed by atoms with E-state index in [4.69, 9.17) is 0 Å². The molecule has 0 saturated carbocycles. The summed E-state index contributed by atoms with van der Waals surface area (Å²) in [4.78, 5) is 0. The van der Waals surface area contributed by atoms with Gasteiger partial charge in [0.15, 0.2) is 0 Å². The zero-order chi connectivity index (χ0) is 28.1. The van der Waals surface area contributed by atoms with Gasteiger partial charge in [0.25, 0.3) is 0 Å². The minimum absolute atomic E-state index is 1.25. The van der Waals surface area contributed by atoms with E-state index in [-0.39, 0.29) is 0 Å². The normalized spacial score (nSPS) is 12.2. The summed E-state index contributed by atoms with van der Waals surface area (Å²) in [6.45, 7) is 0. The van der Waals surface area contributed by atoms with Crippen molar-refractivity contribution in [1.29, 1.82) is 0 Å². The van der Waals surface area contributed by atoms with Gasteiger partial charge in [-0.05, 0) is 119 Å². The van der Waals surface area contributed by atoms with E-state index in [0.29, 0.717) is 0 Å². The summed E-state index contributed by atoms with van der Waals surface area (Å²) in [5, 5.41) is 10.6. The Morgan fingerprint density at radius 1 is 0.302 bits per heavy atom. The number of rotatable bonds is 2. The smallest absolute Gasteiger partial charge is 0.0361 e. The highest BCUT2D eigenvalue weighted by Gasteiger charge is 2.21. The molecule has 0 N–H and O–H groups in total. The topological polar surface area (TPSA) is 0 Å². The Hall–Kier alpha value is -5.24. The van der Waals surface area contributed by atoms with Gasteiger partial charge in [-0.3, -0.25) is 0 Å². The van der Waals surface area contributed by atoms with E-state index in [1.807, 2.05) is 11.3 Å². The molecule has 0 fully saturated rings. The molecule has 1 aliphatic carbocycles. The standard InChI is InChI=1S/C42H24S/c1-2-8-35-34(7-1)36-10-5-6-31-23-32(24-38(35)41(31)36)29-15-14-25-20-26(12-13-27(25)21-29)28-16-18-33-30(22-28)17-19-40-42(33)37-9-3-4-11-39(37)43-40/h1-24H. The molecule has 10 rings (SSSR count). The fourth-order valence-corrected chi connectivity index (χ4v) is 8.44. The lowest BCUT2D eigenvalue weighted by Crippen LogP contribution is -1.84. The average molecular weight is 561 g/mol. The zero-order valence-corrected chi connectivity index (χ0v) is 24.1. The third kappa shape index (κ3) is 3.37. The van der Waals surface area contributed by atoms with E-state index in [0.717, 1.165) is 0 Å². The first-order valence-corrected chi connectivity index (χ1v) is 15.7. The van der Waals surface area contributed by atoms with Crippen LogP contribution >= 0.6 is 11.3 Å². The Balaban J connectivity index is 1.06. The summed E-state index contributed by atoms with van der Waals surface area (Å²) in [5.74, 6) is 0. The van der Waals surface area contributed by atoms with Gasteiger partial charge in [-0.1, -0.05) is 103 Å². The summed E-state index contributed by atoms with van der Waals surface area (Å²) in [6, 6.07) is 54.3. The third-order valence-corrected chi connectivity index (χ3v) is 10.5. The van der Waals surface area contributed by atoms with Crippen LogP contribution in [0.2, 0.25) is 0 Å². The van der Waals surface area contributed by atoms with Gasteiger partial charge < -0.3 is 0 Å². The fraction of sp³-hybridized carbons (Fsp3) is 0. The Morgan fingerprint density at radius 3 is 1.77 bits per heavy atom. The molecule has 0 spiro atoms. The molecule has 0 nitrogen and oxygen atoms in total. The van der Waals surface area contributed by atoms with Crippen molar-refractivity contribution in [3.8, 4) is 44.5 Å². The molecule has 43 heavy (non-hydrogen) atoms. The molecule has 9 aromatic rings. The molecule has 0 atom stereocenters. The molecule has 1 aliphatic rings. The molecule has 198 valence electrons. The van der Waals surface area contributed by atoms with Crippen LogP contribution in [0.1, 0.15) is 0 Å². The highest BCUT2D eigenvalue weighted by Crippen LogP contribution is 2.48. The molecule has 0 aliphatic heterocycles. The molecule has 1 heteroatoms. The van der Waals surface area contributed by atoms with Crippen LogP contribution < -0.4 is 0 Å². The molecule has 0 saturated heterocycles. The van der Waals surface area contributed by atoms with Crippen LogP contribution in [0.3, 0.4) is 0 Å². The number of fused-ring (bicyclic) bond motifs is 9. The second-order valence-corrected chi connectivity index (χ2v) is 12.8. The quantitative estimate of drug-likeness (QED) is 0.197. The SMILES string of the molecule is c1ccc2c(c1)-c1cccc3cc(-c4ccc5cc(-c6ccc7c(ccc8sc9ccccc9c87)c6)ccc5c4)cc-2c13. The molecular weight excluding hydrogens is 537 g/mol. The second-order valence-electron chi connectivity index (χ2n) is 11.7. The first kappa shape index (κ1) is 23.3. The van der Waals surface area contributed by atoms with E-state index < -0.39 is 0 Å². The first-order valence-electron chi connectivity index (χ1n) is 14.8. The zero-order valence-electron chi connectivity index (χ0n) is 23.3. The van der Waals surface area contributed by atoms with Crippen LogP contribution in [-0.4, -0.2) is 0 Å². The number of benzene rings is 8. The van der Waals surface area contributed by atoms with Crippen LogP contribution in [0.15, 0.2) is 146 Å². The van der Waals surface area contributed by atoms with E-state index in [2.05, 4.69) is 146 Å². The highest BCUT2D eigenvalue weighted by molar-refractivity contribution is 7.26. The van der Waals surface area contributed by atoms with Crippen molar-refractivity contribution in [2.45, 2.75) is 0 Å². The van der Waals surface area contributed by atoms with E-state index >= 15 is 0 Å². The van der Waals surface area contributed by atoms with Gasteiger partial charge in [0.1, 0.15) is 0 Å². The lowest BCUT2D eigenvalue weighted by molar-refractivity contribution is 1.66. The fourth-order valence-electron chi connectivity index (χ4n) is 7.32. The van der Waals surface area contributed by atoms with E-state index in [1.54, 1.807) is 0 Å². The minimum Gasteiger partial charge on any atom is -0.135 e. The highest BCUT2D eigenvalue weighted by atomic mass is 32.1. The Labute approximate surface area is 253 Å². The lowest BCUT2D eigenvalue weighted by Gasteiger charge is -2.11. The number of hydrogen-bond acceptors (Lipinski definition) is 1. The van der Waals surface area contributed by atoms with E-state index in [1.165, 1.54) is 97.0 Å². The third-order valence-electron chi connectivity index (χ3n) is 9.35. The average Bonchev–Trinajstić information content (AvgIpc) is 3.61. The summed E-state index contributed by atoms with van der Waals surface area (Å²) < 4.78 is 2.71. The maximum Gasteiger partial charge on any atom is 0.0361 e. The Bertz CT molecular complexity index is 2620. The summed E-state index contributed by atoms with van der Waals surface area (Å²) in [6.07, 6.45) is 0. The summed E-state index contributed by atoms with van der Waals surface area (Å²) in [5.41, 5.74) is 10.4. The Kier molecular flexibility index (Phi) is 4.69. The lowest BCUT2D eigenvalue weighted by atomic mass is 9.93. The Morgan fingerprint density at radius 2 is 0.930 bits per heavy atom. The van der Waals surface area contributed by atoms with Crippen molar-refractivity contribution in [3.05, 3.63) is 146 Å². The summed E-state index contributed by atoms with van der Waals surface area (Å²) in [7, 11) is 0. The van der Waals surface area contributed by atoms with Crippen LogP contribution in [0.25, 0.3) is 97.0 Å². The van der Waals surface area contributed by atoms with Crippen LogP contribution in [-0.2, 0) is 0 Å². The van der Waals surface area contributed by atoms with Crippen molar-refractivity contribution in [1.82, 2.24) is 0 Å². The molecule has 0 amide bonds. The van der Waals surface area contributed by atoms with Crippen molar-refractivity contribution in [3.63, 3.8) is 0 Å².